The van der Waals surface area contributed by atoms with Gasteiger partial charge in [-0.2, -0.15) is 0 Å². The summed E-state index contributed by atoms with van der Waals surface area (Å²) in [5.41, 5.74) is 7.82. The van der Waals surface area contributed by atoms with Crippen LogP contribution in [-0.4, -0.2) is 56.2 Å². The Balaban J connectivity index is 1.95. The molecule has 1 aromatic carbocycles. The lowest BCUT2D eigenvalue weighted by atomic mass is 10.1. The molecule has 22 heavy (non-hydrogen) atoms. The van der Waals surface area contributed by atoms with Crippen LogP contribution in [0.1, 0.15) is 24.2 Å². The highest BCUT2D eigenvalue weighted by molar-refractivity contribution is 6.00. The van der Waals surface area contributed by atoms with Crippen LogP contribution in [0.2, 0.25) is 0 Å². The highest BCUT2D eigenvalue weighted by Gasteiger charge is 2.14. The molecule has 0 bridgehead atoms. The van der Waals surface area contributed by atoms with E-state index in [1.807, 2.05) is 26.0 Å². The minimum atomic E-state index is -0.101. The monoisotopic (exact) mass is 306 g/mol. The lowest BCUT2D eigenvalue weighted by Crippen LogP contribution is -2.39. The third-order valence-electron chi connectivity index (χ3n) is 3.56. The summed E-state index contributed by atoms with van der Waals surface area (Å²) in [5, 5.41) is 6.25. The topological polar surface area (TPSA) is 79.6 Å². The molecule has 4 N–H and O–H groups in total. The highest BCUT2D eigenvalue weighted by Crippen LogP contribution is 2.19. The van der Waals surface area contributed by atoms with Crippen LogP contribution in [0.3, 0.4) is 0 Å². The number of nitrogens with one attached hydrogen (secondary N) is 2. The average molecular weight is 306 g/mol. The van der Waals surface area contributed by atoms with E-state index < -0.39 is 0 Å². The minimum absolute atomic E-state index is 0.0927. The van der Waals surface area contributed by atoms with Gasteiger partial charge in [-0.05, 0) is 32.0 Å². The number of hydrogen-bond acceptors (Lipinski definition) is 5. The van der Waals surface area contributed by atoms with Gasteiger partial charge in [-0.3, -0.25) is 9.69 Å². The molecule has 0 atom stereocenters. The molecule has 1 aromatic rings. The molecule has 6 nitrogen and oxygen atoms in total. The van der Waals surface area contributed by atoms with Crippen molar-refractivity contribution < 1.29 is 9.53 Å². The number of ether oxygens (including phenoxy) is 1. The number of nitrogen functional groups attached to an aromatic ring is 1. The zero-order valence-electron chi connectivity index (χ0n) is 13.4. The first-order valence-electron chi connectivity index (χ1n) is 7.80. The second kappa shape index (κ2) is 8.00. The number of benzene rings is 1. The molecule has 1 aliphatic rings. The summed E-state index contributed by atoms with van der Waals surface area (Å²) in [6.45, 7) is 9.11. The molecule has 1 aliphatic heterocycles. The van der Waals surface area contributed by atoms with Crippen LogP contribution in [0.15, 0.2) is 18.2 Å². The third-order valence-corrected chi connectivity index (χ3v) is 3.56. The van der Waals surface area contributed by atoms with E-state index >= 15 is 0 Å². The normalized spacial score (nSPS) is 15.8. The van der Waals surface area contributed by atoms with E-state index in [1.165, 1.54) is 0 Å². The number of carbonyl (C=O) groups excluding carboxylic acids is 1. The van der Waals surface area contributed by atoms with Crippen LogP contribution in [0.5, 0.6) is 0 Å². The molecule has 1 saturated heterocycles. The Morgan fingerprint density at radius 1 is 1.36 bits per heavy atom. The zero-order chi connectivity index (χ0) is 15.9. The molecule has 0 aromatic heterocycles. The molecule has 1 heterocycles. The van der Waals surface area contributed by atoms with Crippen molar-refractivity contribution in [2.45, 2.75) is 19.9 Å². The predicted octanol–water partition coefficient (Wildman–Crippen LogP) is 1.15. The Hall–Kier alpha value is -1.79. The van der Waals surface area contributed by atoms with Gasteiger partial charge >= 0.3 is 0 Å². The summed E-state index contributed by atoms with van der Waals surface area (Å²) in [6.07, 6.45) is 0. The number of rotatable bonds is 6. The Bertz CT molecular complexity index is 499. The van der Waals surface area contributed by atoms with Gasteiger partial charge in [0.1, 0.15) is 0 Å². The number of nitrogens with two attached hydrogens (primary N) is 1. The van der Waals surface area contributed by atoms with Gasteiger partial charge in [0.15, 0.2) is 0 Å². The smallest absolute Gasteiger partial charge is 0.253 e. The van der Waals surface area contributed by atoms with Gasteiger partial charge in [0, 0.05) is 43.6 Å². The zero-order valence-corrected chi connectivity index (χ0v) is 13.4. The van der Waals surface area contributed by atoms with Gasteiger partial charge in [0.25, 0.3) is 5.91 Å². The average Bonchev–Trinajstić information content (AvgIpc) is 2.49. The number of hydrogen-bond donors (Lipinski definition) is 3. The standard InChI is InChI=1S/C16H26N4O2/c1-12(2)19-16(21)14-11-13(17)3-4-15(14)18-5-6-20-7-9-22-10-8-20/h3-4,11-12,18H,5-10,17H2,1-2H3,(H,19,21). The molecule has 2 rings (SSSR count). The van der Waals surface area contributed by atoms with Gasteiger partial charge in [-0.1, -0.05) is 0 Å². The van der Waals surface area contributed by atoms with Crippen molar-refractivity contribution >= 4 is 17.3 Å². The molecular formula is C16H26N4O2. The Morgan fingerprint density at radius 2 is 2.09 bits per heavy atom. The molecule has 0 saturated carbocycles. The first-order chi connectivity index (χ1) is 10.6. The van der Waals surface area contributed by atoms with Crippen molar-refractivity contribution in [1.29, 1.82) is 0 Å². The van der Waals surface area contributed by atoms with E-state index in [0.29, 0.717) is 11.3 Å². The quantitative estimate of drug-likeness (QED) is 0.687. The van der Waals surface area contributed by atoms with Crippen molar-refractivity contribution in [3.8, 4) is 0 Å². The van der Waals surface area contributed by atoms with Gasteiger partial charge in [0.2, 0.25) is 0 Å². The third kappa shape index (κ3) is 4.89. The number of carbonyl (C=O) groups is 1. The largest absolute Gasteiger partial charge is 0.399 e. The van der Waals surface area contributed by atoms with Crippen LogP contribution in [0, 0.1) is 0 Å². The highest BCUT2D eigenvalue weighted by atomic mass is 16.5. The Morgan fingerprint density at radius 3 is 2.77 bits per heavy atom. The van der Waals surface area contributed by atoms with Gasteiger partial charge in [0.05, 0.1) is 18.8 Å². The van der Waals surface area contributed by atoms with Gasteiger partial charge in [-0.15, -0.1) is 0 Å². The molecule has 0 aliphatic carbocycles. The number of anilines is 2. The second-order valence-corrected chi connectivity index (χ2v) is 5.81. The number of amides is 1. The summed E-state index contributed by atoms with van der Waals surface area (Å²) >= 11 is 0. The van der Waals surface area contributed by atoms with Crippen molar-refractivity contribution in [1.82, 2.24) is 10.2 Å². The first kappa shape index (κ1) is 16.6. The minimum Gasteiger partial charge on any atom is -0.399 e. The maximum atomic E-state index is 12.3. The lowest BCUT2D eigenvalue weighted by Gasteiger charge is -2.26. The van der Waals surface area contributed by atoms with E-state index in [4.69, 9.17) is 10.5 Å². The molecule has 122 valence electrons. The van der Waals surface area contributed by atoms with E-state index in [0.717, 1.165) is 45.1 Å². The summed E-state index contributed by atoms with van der Waals surface area (Å²) < 4.78 is 5.34. The van der Waals surface area contributed by atoms with E-state index in [1.54, 1.807) is 6.07 Å². The molecular weight excluding hydrogens is 280 g/mol. The fourth-order valence-corrected chi connectivity index (χ4v) is 2.42. The van der Waals surface area contributed by atoms with Crippen molar-refractivity contribution in [3.63, 3.8) is 0 Å². The summed E-state index contributed by atoms with van der Waals surface area (Å²) in [4.78, 5) is 14.6. The van der Waals surface area contributed by atoms with Crippen molar-refractivity contribution in [2.24, 2.45) is 0 Å². The molecule has 1 fully saturated rings. The maximum absolute atomic E-state index is 12.3. The van der Waals surface area contributed by atoms with Crippen molar-refractivity contribution in [2.75, 3.05) is 50.4 Å². The Labute approximate surface area is 132 Å². The fourth-order valence-electron chi connectivity index (χ4n) is 2.42. The van der Waals surface area contributed by atoms with Crippen LogP contribution >= 0.6 is 0 Å². The fraction of sp³-hybridized carbons (Fsp3) is 0.562. The SMILES string of the molecule is CC(C)NC(=O)c1cc(N)ccc1NCCN1CCOCC1. The van der Waals surface area contributed by atoms with Crippen LogP contribution in [0.4, 0.5) is 11.4 Å². The molecule has 0 spiro atoms. The van der Waals surface area contributed by atoms with E-state index in [2.05, 4.69) is 15.5 Å². The first-order valence-corrected chi connectivity index (χ1v) is 7.80. The van der Waals surface area contributed by atoms with E-state index in [-0.39, 0.29) is 11.9 Å². The van der Waals surface area contributed by atoms with Crippen LogP contribution < -0.4 is 16.4 Å². The summed E-state index contributed by atoms with van der Waals surface area (Å²) in [5.74, 6) is -0.101. The van der Waals surface area contributed by atoms with E-state index in [9.17, 15) is 4.79 Å². The summed E-state index contributed by atoms with van der Waals surface area (Å²) in [6, 6.07) is 5.48. The molecule has 0 radical (unpaired) electrons. The van der Waals surface area contributed by atoms with Crippen LogP contribution in [0.25, 0.3) is 0 Å². The lowest BCUT2D eigenvalue weighted by molar-refractivity contribution is 0.0398. The molecule has 1 amide bonds. The van der Waals surface area contributed by atoms with Gasteiger partial charge < -0.3 is 21.1 Å². The van der Waals surface area contributed by atoms with Crippen molar-refractivity contribution in [3.05, 3.63) is 23.8 Å². The molecule has 6 heteroatoms. The summed E-state index contributed by atoms with van der Waals surface area (Å²) in [7, 11) is 0. The van der Waals surface area contributed by atoms with Crippen LogP contribution in [-0.2, 0) is 4.74 Å². The molecule has 0 unspecified atom stereocenters. The second-order valence-electron chi connectivity index (χ2n) is 5.81. The number of morpholine rings is 1. The maximum Gasteiger partial charge on any atom is 0.253 e. The van der Waals surface area contributed by atoms with Gasteiger partial charge in [-0.25, -0.2) is 0 Å². The number of nitrogens with zero attached hydrogens (tertiary/aromatic N) is 1. The predicted molar refractivity (Wildman–Crippen MR) is 89.2 cm³/mol. The Kier molecular flexibility index (Phi) is 6.03.